The van der Waals surface area contributed by atoms with Crippen LogP contribution in [-0.4, -0.2) is 43.0 Å². The second-order valence-electron chi connectivity index (χ2n) is 3.32. The van der Waals surface area contributed by atoms with Crippen LogP contribution < -0.4 is 0 Å². The van der Waals surface area contributed by atoms with Crippen LogP contribution in [0.5, 0.6) is 0 Å². The lowest BCUT2D eigenvalue weighted by Gasteiger charge is -2.21. The largest absolute Gasteiger partial charge is 0.376 e. The first-order chi connectivity index (χ1) is 5.66. The lowest BCUT2D eigenvalue weighted by Crippen LogP contribution is -2.39. The van der Waals surface area contributed by atoms with E-state index < -0.39 is 0 Å². The summed E-state index contributed by atoms with van der Waals surface area (Å²) < 4.78 is 5.48. The number of Topliss-reactive ketones (excluding diaryl/α,β-unsaturated/α-hetero) is 1. The topological polar surface area (TPSA) is 29.5 Å². The average molecular weight is 171 g/mol. The maximum atomic E-state index is 11.2. The fraction of sp³-hybridized carbons (Fsp3) is 0.889. The van der Waals surface area contributed by atoms with E-state index in [9.17, 15) is 4.79 Å². The summed E-state index contributed by atoms with van der Waals surface area (Å²) in [7, 11) is 1.98. The smallest absolute Gasteiger partial charge is 0.149 e. The molecular formula is C9H17NO2. The molecule has 1 rings (SSSR count). The number of ether oxygens (including phenoxy) is 1. The zero-order chi connectivity index (χ0) is 9.14. The van der Waals surface area contributed by atoms with Crippen LogP contribution >= 0.6 is 0 Å². The Hall–Kier alpha value is -0.410. The van der Waals surface area contributed by atoms with Gasteiger partial charge in [0, 0.05) is 13.2 Å². The monoisotopic (exact) mass is 171 g/mol. The van der Waals surface area contributed by atoms with Crippen molar-refractivity contribution in [2.75, 3.05) is 20.2 Å². The number of hydrogen-bond acceptors (Lipinski definition) is 3. The van der Waals surface area contributed by atoms with E-state index in [1.807, 2.05) is 14.0 Å². The number of ketones is 1. The molecule has 0 unspecified atom stereocenters. The molecule has 3 nitrogen and oxygen atoms in total. The minimum absolute atomic E-state index is 0.00931. The van der Waals surface area contributed by atoms with E-state index in [1.165, 1.54) is 0 Å². The van der Waals surface area contributed by atoms with Crippen LogP contribution in [0.25, 0.3) is 0 Å². The molecule has 0 aliphatic carbocycles. The molecule has 3 heteroatoms. The first-order valence-corrected chi connectivity index (χ1v) is 4.49. The van der Waals surface area contributed by atoms with Crippen LogP contribution in [-0.2, 0) is 9.53 Å². The molecule has 0 bridgehead atoms. The fourth-order valence-electron chi connectivity index (χ4n) is 1.87. The Kier molecular flexibility index (Phi) is 3.23. The molecule has 0 aromatic carbocycles. The second kappa shape index (κ2) is 4.01. The van der Waals surface area contributed by atoms with E-state index in [4.69, 9.17) is 4.74 Å². The van der Waals surface area contributed by atoms with Gasteiger partial charge in [0.25, 0.3) is 0 Å². The zero-order valence-corrected chi connectivity index (χ0v) is 8.04. The molecule has 1 fully saturated rings. The van der Waals surface area contributed by atoms with Crippen molar-refractivity contribution in [3.63, 3.8) is 0 Å². The Morgan fingerprint density at radius 2 is 2.33 bits per heavy atom. The van der Waals surface area contributed by atoms with Crippen LogP contribution in [0.4, 0.5) is 0 Å². The molecule has 0 aromatic heterocycles. The Morgan fingerprint density at radius 1 is 1.67 bits per heavy atom. The lowest BCUT2D eigenvalue weighted by atomic mass is 10.1. The number of likely N-dealkylation sites (N-methyl/N-ethyl adjacent to an activating group) is 1. The standard InChI is InChI=1S/C9H17NO2/c1-4-12-8-5-6-10(3)9(8)7(2)11/h8-9H,4-6H2,1-3H3/t8-,9+/m0/s1. The van der Waals surface area contributed by atoms with Crippen LogP contribution in [0.1, 0.15) is 20.3 Å². The lowest BCUT2D eigenvalue weighted by molar-refractivity contribution is -0.124. The molecule has 70 valence electrons. The summed E-state index contributed by atoms with van der Waals surface area (Å²) in [6.45, 7) is 5.27. The number of rotatable bonds is 3. The van der Waals surface area contributed by atoms with Gasteiger partial charge in [-0.1, -0.05) is 0 Å². The summed E-state index contributed by atoms with van der Waals surface area (Å²) in [5.41, 5.74) is 0. The SMILES string of the molecule is CCO[C@H]1CCN(C)[C@@H]1C(C)=O. The van der Waals surface area contributed by atoms with Crippen LogP contribution in [0.2, 0.25) is 0 Å². The van der Waals surface area contributed by atoms with Gasteiger partial charge in [-0.2, -0.15) is 0 Å². The average Bonchev–Trinajstić information content (AvgIpc) is 2.32. The highest BCUT2D eigenvalue weighted by atomic mass is 16.5. The summed E-state index contributed by atoms with van der Waals surface area (Å²) >= 11 is 0. The van der Waals surface area contributed by atoms with Crippen molar-refractivity contribution in [1.29, 1.82) is 0 Å². The highest BCUT2D eigenvalue weighted by molar-refractivity contribution is 5.82. The third kappa shape index (κ3) is 1.84. The molecule has 0 radical (unpaired) electrons. The van der Waals surface area contributed by atoms with Crippen LogP contribution in [0.3, 0.4) is 0 Å². The first kappa shape index (κ1) is 9.68. The highest BCUT2D eigenvalue weighted by Gasteiger charge is 2.35. The van der Waals surface area contributed by atoms with Gasteiger partial charge < -0.3 is 4.74 Å². The maximum Gasteiger partial charge on any atom is 0.149 e. The summed E-state index contributed by atoms with van der Waals surface area (Å²) in [5, 5.41) is 0. The Balaban J connectivity index is 2.57. The van der Waals surface area contributed by atoms with Crippen molar-refractivity contribution < 1.29 is 9.53 Å². The Morgan fingerprint density at radius 3 is 2.83 bits per heavy atom. The third-order valence-corrected chi connectivity index (χ3v) is 2.39. The highest BCUT2D eigenvalue weighted by Crippen LogP contribution is 2.19. The maximum absolute atomic E-state index is 11.2. The molecule has 0 aromatic rings. The number of likely N-dealkylation sites (tertiary alicyclic amines) is 1. The quantitative estimate of drug-likeness (QED) is 0.625. The minimum Gasteiger partial charge on any atom is -0.376 e. The second-order valence-corrected chi connectivity index (χ2v) is 3.32. The number of nitrogens with zero attached hydrogens (tertiary/aromatic N) is 1. The van der Waals surface area contributed by atoms with Gasteiger partial charge in [0.1, 0.15) is 5.78 Å². The molecule has 12 heavy (non-hydrogen) atoms. The van der Waals surface area contributed by atoms with Crippen molar-refractivity contribution in [3.05, 3.63) is 0 Å². The van der Waals surface area contributed by atoms with Gasteiger partial charge >= 0.3 is 0 Å². The number of hydrogen-bond donors (Lipinski definition) is 0. The Bertz CT molecular complexity index is 168. The van der Waals surface area contributed by atoms with Crippen molar-refractivity contribution in [1.82, 2.24) is 4.90 Å². The van der Waals surface area contributed by atoms with E-state index in [0.717, 1.165) is 13.0 Å². The molecule has 0 amide bonds. The van der Waals surface area contributed by atoms with Crippen LogP contribution in [0, 0.1) is 0 Å². The van der Waals surface area contributed by atoms with Gasteiger partial charge in [-0.05, 0) is 27.3 Å². The molecule has 1 aliphatic heterocycles. The molecular weight excluding hydrogens is 154 g/mol. The fourth-order valence-corrected chi connectivity index (χ4v) is 1.87. The van der Waals surface area contributed by atoms with E-state index in [-0.39, 0.29) is 17.9 Å². The predicted octanol–water partition coefficient (Wildman–Crippen LogP) is 0.685. The summed E-state index contributed by atoms with van der Waals surface area (Å²) in [6.07, 6.45) is 1.10. The molecule has 0 N–H and O–H groups in total. The van der Waals surface area contributed by atoms with Gasteiger partial charge in [-0.3, -0.25) is 9.69 Å². The Labute approximate surface area is 73.7 Å². The summed E-state index contributed by atoms with van der Waals surface area (Å²) in [5.74, 6) is 0.216. The predicted molar refractivity (Wildman–Crippen MR) is 47.1 cm³/mol. The normalized spacial score (nSPS) is 30.9. The van der Waals surface area contributed by atoms with E-state index in [2.05, 4.69) is 4.90 Å². The third-order valence-electron chi connectivity index (χ3n) is 2.39. The number of carbonyl (C=O) groups excluding carboxylic acids is 1. The van der Waals surface area contributed by atoms with E-state index >= 15 is 0 Å². The first-order valence-electron chi connectivity index (χ1n) is 4.49. The van der Waals surface area contributed by atoms with Crippen molar-refractivity contribution in [3.8, 4) is 0 Å². The molecule has 1 saturated heterocycles. The van der Waals surface area contributed by atoms with Gasteiger partial charge in [0.2, 0.25) is 0 Å². The van der Waals surface area contributed by atoms with Crippen molar-refractivity contribution in [2.45, 2.75) is 32.4 Å². The van der Waals surface area contributed by atoms with Gasteiger partial charge in [-0.15, -0.1) is 0 Å². The van der Waals surface area contributed by atoms with Gasteiger partial charge in [0.05, 0.1) is 12.1 Å². The van der Waals surface area contributed by atoms with Gasteiger partial charge in [0.15, 0.2) is 0 Å². The minimum atomic E-state index is -0.00931. The molecule has 0 spiro atoms. The van der Waals surface area contributed by atoms with E-state index in [1.54, 1.807) is 6.92 Å². The number of carbonyl (C=O) groups is 1. The summed E-state index contributed by atoms with van der Waals surface area (Å²) in [4.78, 5) is 13.3. The molecule has 2 atom stereocenters. The summed E-state index contributed by atoms with van der Waals surface area (Å²) in [6, 6.07) is -0.00931. The molecule has 1 aliphatic rings. The van der Waals surface area contributed by atoms with E-state index in [0.29, 0.717) is 6.61 Å². The van der Waals surface area contributed by atoms with Crippen LogP contribution in [0.15, 0.2) is 0 Å². The zero-order valence-electron chi connectivity index (χ0n) is 8.04. The van der Waals surface area contributed by atoms with Crippen molar-refractivity contribution in [2.24, 2.45) is 0 Å². The molecule has 0 saturated carbocycles. The van der Waals surface area contributed by atoms with Gasteiger partial charge in [-0.25, -0.2) is 0 Å². The molecule has 1 heterocycles. The van der Waals surface area contributed by atoms with Crippen molar-refractivity contribution >= 4 is 5.78 Å².